The van der Waals surface area contributed by atoms with E-state index in [1.165, 1.54) is 0 Å². The Bertz CT molecular complexity index is 335. The van der Waals surface area contributed by atoms with Crippen LogP contribution in [0.15, 0.2) is 24.3 Å². The van der Waals surface area contributed by atoms with E-state index in [0.29, 0.717) is 6.61 Å². The molecule has 4 nitrogen and oxygen atoms in total. The average molecular weight is 214 g/mol. The van der Waals surface area contributed by atoms with Gasteiger partial charge in [0.2, 0.25) is 0 Å². The highest BCUT2D eigenvalue weighted by Gasteiger charge is 2.24. The summed E-state index contributed by atoms with van der Waals surface area (Å²) in [6.45, 7) is 0.332. The molecule has 0 aliphatic carbocycles. The van der Waals surface area contributed by atoms with Gasteiger partial charge in [-0.1, -0.05) is 12.1 Å². The van der Waals surface area contributed by atoms with Crippen LogP contribution in [0, 0.1) is 0 Å². The van der Waals surface area contributed by atoms with E-state index in [2.05, 4.69) is 0 Å². The highest BCUT2D eigenvalue weighted by molar-refractivity contribution is 7.75. The van der Waals surface area contributed by atoms with E-state index in [0.717, 1.165) is 11.3 Å². The molecule has 0 bridgehead atoms. The first-order valence-electron chi connectivity index (χ1n) is 4.16. The molecule has 1 aliphatic rings. The second-order valence-corrected chi connectivity index (χ2v) is 3.68. The van der Waals surface area contributed by atoms with E-state index in [4.69, 9.17) is 13.1 Å². The minimum absolute atomic E-state index is 0.235. The van der Waals surface area contributed by atoms with Gasteiger partial charge in [-0.15, -0.1) is 0 Å². The Kier molecular flexibility index (Phi) is 2.81. The van der Waals surface area contributed by atoms with Crippen LogP contribution in [0.3, 0.4) is 0 Å². The molecule has 1 unspecified atom stereocenters. The Balaban J connectivity index is 2.13. The van der Waals surface area contributed by atoms with Crippen molar-refractivity contribution in [2.75, 3.05) is 13.7 Å². The monoisotopic (exact) mass is 214 g/mol. The summed E-state index contributed by atoms with van der Waals surface area (Å²) in [5.74, 6) is 0.786. The fourth-order valence-electron chi connectivity index (χ4n) is 1.24. The van der Waals surface area contributed by atoms with E-state index in [-0.39, 0.29) is 6.10 Å². The van der Waals surface area contributed by atoms with Gasteiger partial charge in [-0.2, -0.15) is 4.21 Å². The average Bonchev–Trinajstić information content (AvgIpc) is 2.65. The van der Waals surface area contributed by atoms with Crippen molar-refractivity contribution in [3.05, 3.63) is 29.8 Å². The largest absolute Gasteiger partial charge is 0.497 e. The Morgan fingerprint density at radius 3 is 2.64 bits per heavy atom. The predicted molar refractivity (Wildman–Crippen MR) is 50.9 cm³/mol. The SMILES string of the molecule is COc1ccc([C@@H]2COS(=O)O2)cc1. The van der Waals surface area contributed by atoms with Gasteiger partial charge in [0.25, 0.3) is 0 Å². The van der Waals surface area contributed by atoms with Gasteiger partial charge in [-0.3, -0.25) is 8.37 Å². The third kappa shape index (κ3) is 1.95. The zero-order valence-electron chi connectivity index (χ0n) is 7.64. The zero-order valence-corrected chi connectivity index (χ0v) is 8.45. The van der Waals surface area contributed by atoms with E-state index >= 15 is 0 Å². The molecular weight excluding hydrogens is 204 g/mol. The van der Waals surface area contributed by atoms with Gasteiger partial charge in [-0.25, -0.2) is 0 Å². The third-order valence-electron chi connectivity index (χ3n) is 2.00. The quantitative estimate of drug-likeness (QED) is 0.745. The molecule has 5 heteroatoms. The Morgan fingerprint density at radius 1 is 1.43 bits per heavy atom. The molecule has 1 fully saturated rings. The van der Waals surface area contributed by atoms with Gasteiger partial charge in [0.05, 0.1) is 13.7 Å². The summed E-state index contributed by atoms with van der Waals surface area (Å²) in [7, 11) is 1.61. The molecule has 0 saturated carbocycles. The van der Waals surface area contributed by atoms with E-state index in [9.17, 15) is 4.21 Å². The number of hydrogen-bond donors (Lipinski definition) is 0. The Hall–Kier alpha value is -0.910. The molecule has 1 heterocycles. The fourth-order valence-corrected chi connectivity index (χ4v) is 1.88. The maximum Gasteiger partial charge on any atom is 0.305 e. The summed E-state index contributed by atoms with van der Waals surface area (Å²) >= 11 is -1.59. The second kappa shape index (κ2) is 4.08. The summed E-state index contributed by atoms with van der Waals surface area (Å²) in [6.07, 6.45) is -0.235. The maximum atomic E-state index is 10.8. The second-order valence-electron chi connectivity index (χ2n) is 2.85. The summed E-state index contributed by atoms with van der Waals surface area (Å²) in [4.78, 5) is 0. The molecule has 1 aromatic rings. The Labute approximate surface area is 84.7 Å². The highest BCUT2D eigenvalue weighted by Crippen LogP contribution is 2.26. The standard InChI is InChI=1S/C9H10O4S/c1-11-8-4-2-7(3-5-8)9-6-12-14(10)13-9/h2-5,9H,6H2,1H3/t9-,14?/m0/s1. The summed E-state index contributed by atoms with van der Waals surface area (Å²) < 4.78 is 25.6. The molecule has 0 spiro atoms. The van der Waals surface area contributed by atoms with Gasteiger partial charge >= 0.3 is 11.4 Å². The van der Waals surface area contributed by atoms with Gasteiger partial charge in [0, 0.05) is 0 Å². The van der Waals surface area contributed by atoms with Crippen LogP contribution in [0.2, 0.25) is 0 Å². The molecular formula is C9H10O4S. The normalized spacial score (nSPS) is 26.4. The van der Waals surface area contributed by atoms with Crippen LogP contribution in [-0.4, -0.2) is 17.9 Å². The van der Waals surface area contributed by atoms with Gasteiger partial charge in [0.1, 0.15) is 11.9 Å². The molecule has 2 atom stereocenters. The molecule has 2 rings (SSSR count). The molecule has 1 saturated heterocycles. The molecule has 1 aromatic carbocycles. The van der Waals surface area contributed by atoms with Gasteiger partial charge in [0.15, 0.2) is 0 Å². The molecule has 1 aliphatic heterocycles. The number of rotatable bonds is 2. The third-order valence-corrected chi connectivity index (χ3v) is 2.72. The summed E-state index contributed by atoms with van der Waals surface area (Å²) in [6, 6.07) is 7.41. The maximum absolute atomic E-state index is 10.8. The van der Waals surface area contributed by atoms with Crippen molar-refractivity contribution in [1.82, 2.24) is 0 Å². The highest BCUT2D eigenvalue weighted by atomic mass is 32.2. The lowest BCUT2D eigenvalue weighted by Crippen LogP contribution is -1.99. The first kappa shape index (κ1) is 9.64. The number of hydrogen-bond acceptors (Lipinski definition) is 4. The first-order chi connectivity index (χ1) is 6.79. The minimum atomic E-state index is -1.59. The van der Waals surface area contributed by atoms with Crippen LogP contribution in [0.4, 0.5) is 0 Å². The van der Waals surface area contributed by atoms with Gasteiger partial charge in [-0.05, 0) is 17.7 Å². The lowest BCUT2D eigenvalue weighted by atomic mass is 10.1. The van der Waals surface area contributed by atoms with Crippen molar-refractivity contribution in [2.24, 2.45) is 0 Å². The van der Waals surface area contributed by atoms with E-state index in [1.54, 1.807) is 7.11 Å². The Morgan fingerprint density at radius 2 is 2.14 bits per heavy atom. The molecule has 0 radical (unpaired) electrons. The summed E-state index contributed by atoms with van der Waals surface area (Å²) in [5, 5.41) is 0. The van der Waals surface area contributed by atoms with E-state index in [1.807, 2.05) is 24.3 Å². The number of benzene rings is 1. The van der Waals surface area contributed by atoms with Crippen LogP contribution >= 0.6 is 0 Å². The predicted octanol–water partition coefficient (Wildman–Crippen LogP) is 1.36. The van der Waals surface area contributed by atoms with Crippen molar-refractivity contribution in [3.8, 4) is 5.75 Å². The van der Waals surface area contributed by atoms with Crippen LogP contribution in [-0.2, 0) is 19.7 Å². The molecule has 0 aromatic heterocycles. The topological polar surface area (TPSA) is 44.8 Å². The lowest BCUT2D eigenvalue weighted by molar-refractivity contribution is 0.245. The van der Waals surface area contributed by atoms with Crippen molar-refractivity contribution in [1.29, 1.82) is 0 Å². The molecule has 76 valence electrons. The van der Waals surface area contributed by atoms with Crippen molar-refractivity contribution < 1.29 is 17.3 Å². The number of methoxy groups -OCH3 is 1. The fraction of sp³-hybridized carbons (Fsp3) is 0.333. The summed E-state index contributed by atoms with van der Waals surface area (Å²) in [5.41, 5.74) is 0.941. The van der Waals surface area contributed by atoms with Gasteiger partial charge < -0.3 is 4.74 Å². The molecule has 14 heavy (non-hydrogen) atoms. The van der Waals surface area contributed by atoms with Crippen molar-refractivity contribution >= 4 is 11.4 Å². The lowest BCUT2D eigenvalue weighted by Gasteiger charge is -2.06. The smallest absolute Gasteiger partial charge is 0.305 e. The first-order valence-corrected chi connectivity index (χ1v) is 5.16. The zero-order chi connectivity index (χ0) is 9.97. The minimum Gasteiger partial charge on any atom is -0.497 e. The van der Waals surface area contributed by atoms with Crippen LogP contribution < -0.4 is 4.74 Å². The molecule has 0 N–H and O–H groups in total. The van der Waals surface area contributed by atoms with Crippen LogP contribution in [0.5, 0.6) is 5.75 Å². The van der Waals surface area contributed by atoms with Crippen molar-refractivity contribution in [2.45, 2.75) is 6.10 Å². The number of ether oxygens (including phenoxy) is 1. The van der Waals surface area contributed by atoms with Crippen LogP contribution in [0.1, 0.15) is 11.7 Å². The molecule has 0 amide bonds. The van der Waals surface area contributed by atoms with Crippen molar-refractivity contribution in [3.63, 3.8) is 0 Å². The van der Waals surface area contributed by atoms with Crippen LogP contribution in [0.25, 0.3) is 0 Å². The van der Waals surface area contributed by atoms with E-state index < -0.39 is 11.4 Å².